The number of benzene rings is 2. The van der Waals surface area contributed by atoms with E-state index in [1.54, 1.807) is 0 Å². The summed E-state index contributed by atoms with van der Waals surface area (Å²) in [5.74, 6) is 0. The molecule has 4 rings (SSSR count). The first kappa shape index (κ1) is 17.8. The molecule has 2 bridgehead atoms. The number of carbonyl (C=O) groups is 1. The van der Waals surface area contributed by atoms with Crippen LogP contribution in [0, 0.1) is 0 Å². The lowest BCUT2D eigenvalue weighted by Gasteiger charge is -2.44. The highest BCUT2D eigenvalue weighted by Gasteiger charge is 2.37. The van der Waals surface area contributed by atoms with Crippen LogP contribution in [-0.4, -0.2) is 23.1 Å². The van der Waals surface area contributed by atoms with Crippen molar-refractivity contribution in [1.29, 1.82) is 0 Å². The first-order chi connectivity index (χ1) is 13.3. The van der Waals surface area contributed by atoms with Gasteiger partial charge in [-0.05, 0) is 49.7 Å². The second-order valence-corrected chi connectivity index (χ2v) is 7.61. The van der Waals surface area contributed by atoms with Crippen LogP contribution in [0.25, 0.3) is 0 Å². The summed E-state index contributed by atoms with van der Waals surface area (Å²) in [5.41, 5.74) is 3.92. The van der Waals surface area contributed by atoms with Crippen LogP contribution >= 0.6 is 0 Å². The number of fused-ring (bicyclic) bond motifs is 2. The van der Waals surface area contributed by atoms with Gasteiger partial charge in [0.15, 0.2) is 0 Å². The average Bonchev–Trinajstić information content (AvgIpc) is 2.71. The van der Waals surface area contributed by atoms with E-state index >= 15 is 0 Å². The third-order valence-corrected chi connectivity index (χ3v) is 5.71. The van der Waals surface area contributed by atoms with E-state index in [2.05, 4.69) is 36.4 Å². The van der Waals surface area contributed by atoms with Crippen LogP contribution in [0.1, 0.15) is 43.2 Å². The molecule has 2 aliphatic heterocycles. The van der Waals surface area contributed by atoms with Crippen LogP contribution < -0.4 is 0 Å². The second-order valence-electron chi connectivity index (χ2n) is 7.61. The van der Waals surface area contributed by atoms with Gasteiger partial charge in [-0.1, -0.05) is 72.3 Å². The lowest BCUT2D eigenvalue weighted by Crippen LogP contribution is -2.51. The maximum atomic E-state index is 12.7. The zero-order valence-electron chi connectivity index (χ0n) is 15.7. The fraction of sp³-hybridized carbons (Fsp3) is 0.375. The van der Waals surface area contributed by atoms with Crippen molar-refractivity contribution in [3.8, 4) is 0 Å². The summed E-state index contributed by atoms with van der Waals surface area (Å²) in [6.45, 7) is 0.347. The Balaban J connectivity index is 1.38. The van der Waals surface area contributed by atoms with E-state index in [1.807, 2.05) is 35.2 Å². The van der Waals surface area contributed by atoms with E-state index < -0.39 is 0 Å². The van der Waals surface area contributed by atoms with E-state index in [9.17, 15) is 4.79 Å². The Morgan fingerprint density at radius 2 is 1.63 bits per heavy atom. The highest BCUT2D eigenvalue weighted by Crippen LogP contribution is 2.35. The molecule has 0 saturated carbocycles. The fourth-order valence-electron chi connectivity index (χ4n) is 4.33. The Kier molecular flexibility index (Phi) is 5.57. The molecule has 1 saturated heterocycles. The number of amides is 1. The van der Waals surface area contributed by atoms with Gasteiger partial charge in [-0.25, -0.2) is 4.79 Å². The largest absolute Gasteiger partial charge is 0.445 e. The average molecular weight is 361 g/mol. The van der Waals surface area contributed by atoms with E-state index in [1.165, 1.54) is 17.6 Å². The Morgan fingerprint density at radius 1 is 0.926 bits per heavy atom. The van der Waals surface area contributed by atoms with Crippen molar-refractivity contribution in [2.45, 2.75) is 57.2 Å². The van der Waals surface area contributed by atoms with Gasteiger partial charge < -0.3 is 4.74 Å². The summed E-state index contributed by atoms with van der Waals surface area (Å²) in [6, 6.07) is 21.0. The fourth-order valence-corrected chi connectivity index (χ4v) is 4.33. The molecule has 0 aliphatic carbocycles. The molecule has 0 radical (unpaired) electrons. The molecule has 3 nitrogen and oxygen atoms in total. The van der Waals surface area contributed by atoms with Gasteiger partial charge in [-0.2, -0.15) is 0 Å². The highest BCUT2D eigenvalue weighted by atomic mass is 16.6. The molecule has 2 heterocycles. The Bertz CT molecular complexity index is 785. The van der Waals surface area contributed by atoms with Crippen LogP contribution in [0.2, 0.25) is 0 Å². The Labute approximate surface area is 161 Å². The predicted octanol–water partition coefficient (Wildman–Crippen LogP) is 5.51. The van der Waals surface area contributed by atoms with Gasteiger partial charge in [-0.3, -0.25) is 4.90 Å². The van der Waals surface area contributed by atoms with Crippen molar-refractivity contribution in [1.82, 2.24) is 4.90 Å². The first-order valence-electron chi connectivity index (χ1n) is 10.0. The second kappa shape index (κ2) is 8.43. The van der Waals surface area contributed by atoms with E-state index in [-0.39, 0.29) is 12.1 Å². The minimum Gasteiger partial charge on any atom is -0.445 e. The van der Waals surface area contributed by atoms with Gasteiger partial charge in [-0.15, -0.1) is 0 Å². The summed E-state index contributed by atoms with van der Waals surface area (Å²) >= 11 is 0. The highest BCUT2D eigenvalue weighted by molar-refractivity contribution is 5.69. The topological polar surface area (TPSA) is 29.5 Å². The van der Waals surface area contributed by atoms with Crippen LogP contribution in [0.3, 0.4) is 0 Å². The molecular formula is C24H27NO2. The number of hydrogen-bond donors (Lipinski definition) is 0. The van der Waals surface area contributed by atoms with Crippen molar-refractivity contribution in [3.63, 3.8) is 0 Å². The minimum absolute atomic E-state index is 0.160. The maximum absolute atomic E-state index is 12.7. The summed E-state index contributed by atoms with van der Waals surface area (Å²) < 4.78 is 5.63. The quantitative estimate of drug-likeness (QED) is 0.657. The molecule has 1 amide bonds. The van der Waals surface area contributed by atoms with Crippen molar-refractivity contribution < 1.29 is 9.53 Å². The zero-order valence-corrected chi connectivity index (χ0v) is 15.7. The van der Waals surface area contributed by atoms with Crippen molar-refractivity contribution >= 4 is 6.09 Å². The lowest BCUT2D eigenvalue weighted by molar-refractivity contribution is 0.0479. The molecular weight excluding hydrogens is 334 g/mol. The van der Waals surface area contributed by atoms with E-state index in [0.717, 1.165) is 37.7 Å². The van der Waals surface area contributed by atoms with Gasteiger partial charge in [0, 0.05) is 6.04 Å². The molecule has 2 atom stereocenters. The van der Waals surface area contributed by atoms with Gasteiger partial charge in [0.25, 0.3) is 0 Å². The number of rotatable bonds is 5. The third-order valence-electron chi connectivity index (χ3n) is 5.71. The van der Waals surface area contributed by atoms with Crippen LogP contribution in [0.5, 0.6) is 0 Å². The van der Waals surface area contributed by atoms with E-state index in [0.29, 0.717) is 12.6 Å². The van der Waals surface area contributed by atoms with Crippen molar-refractivity contribution in [2.75, 3.05) is 0 Å². The number of aryl methyl sites for hydroxylation is 1. The van der Waals surface area contributed by atoms with Gasteiger partial charge in [0.2, 0.25) is 0 Å². The molecule has 2 aromatic rings. The number of piperidine rings is 1. The monoisotopic (exact) mass is 361 g/mol. The minimum atomic E-state index is -0.160. The third kappa shape index (κ3) is 4.41. The normalized spacial score (nSPS) is 21.5. The van der Waals surface area contributed by atoms with Crippen molar-refractivity contribution in [3.05, 3.63) is 83.4 Å². The summed E-state index contributed by atoms with van der Waals surface area (Å²) in [4.78, 5) is 14.7. The number of ether oxygens (including phenoxy) is 1. The molecule has 3 heteroatoms. The molecule has 0 spiro atoms. The number of nitrogens with zero attached hydrogens (tertiary/aromatic N) is 1. The van der Waals surface area contributed by atoms with Crippen molar-refractivity contribution in [2.24, 2.45) is 0 Å². The van der Waals surface area contributed by atoms with Crippen LogP contribution in [-0.2, 0) is 17.8 Å². The Morgan fingerprint density at radius 3 is 2.33 bits per heavy atom. The lowest BCUT2D eigenvalue weighted by atomic mass is 9.83. The summed E-state index contributed by atoms with van der Waals surface area (Å²) in [6.07, 6.45) is 8.65. The molecule has 2 aromatic carbocycles. The molecule has 27 heavy (non-hydrogen) atoms. The van der Waals surface area contributed by atoms with Gasteiger partial charge in [0.1, 0.15) is 6.61 Å². The zero-order chi connectivity index (χ0) is 18.5. The smallest absolute Gasteiger partial charge is 0.410 e. The molecule has 0 aromatic heterocycles. The standard InChI is InChI=1S/C24H27NO2/c26-24(27-18-20-10-5-2-6-11-20)25-22-12-7-13-23(25)17-21(16-22)15-14-19-8-3-1-4-9-19/h1-6,8-11,16,22-23H,7,12-15,17-18H2. The molecule has 140 valence electrons. The first-order valence-corrected chi connectivity index (χ1v) is 10.0. The predicted molar refractivity (Wildman–Crippen MR) is 107 cm³/mol. The molecule has 0 N–H and O–H groups in total. The molecule has 2 aliphatic rings. The molecule has 2 unspecified atom stereocenters. The van der Waals surface area contributed by atoms with Gasteiger partial charge >= 0.3 is 6.09 Å². The molecule has 1 fully saturated rings. The SMILES string of the molecule is O=C(OCc1ccccc1)N1C2C=C(CCc3ccccc3)CC1CCC2. The van der Waals surface area contributed by atoms with Crippen LogP contribution in [0.15, 0.2) is 72.3 Å². The summed E-state index contributed by atoms with van der Waals surface area (Å²) in [7, 11) is 0. The Hall–Kier alpha value is -2.55. The van der Waals surface area contributed by atoms with E-state index in [4.69, 9.17) is 4.74 Å². The van der Waals surface area contributed by atoms with Gasteiger partial charge in [0.05, 0.1) is 6.04 Å². The summed E-state index contributed by atoms with van der Waals surface area (Å²) in [5, 5.41) is 0. The number of carbonyl (C=O) groups excluding carboxylic acids is 1. The number of hydrogen-bond acceptors (Lipinski definition) is 2. The van der Waals surface area contributed by atoms with Crippen LogP contribution in [0.4, 0.5) is 4.79 Å². The maximum Gasteiger partial charge on any atom is 0.410 e.